The lowest BCUT2D eigenvalue weighted by molar-refractivity contribution is 0.0998. The molecule has 25 heavy (non-hydrogen) atoms. The van der Waals surface area contributed by atoms with Crippen molar-refractivity contribution in [1.29, 1.82) is 0 Å². The Morgan fingerprint density at radius 1 is 1.16 bits per heavy atom. The summed E-state index contributed by atoms with van der Waals surface area (Å²) < 4.78 is 13.8. The standard InChI is InChI=1S/C20H19FN2OS/c1-14-7-8-16(11-18(14)21)19(24)13-23(12-17-6-4-10-25-17)20-15(2)5-3-9-22-20/h3-11H,12-13H2,1-2H3. The van der Waals surface area contributed by atoms with Gasteiger partial charge in [0.05, 0.1) is 13.1 Å². The summed E-state index contributed by atoms with van der Waals surface area (Å²) in [7, 11) is 0. The summed E-state index contributed by atoms with van der Waals surface area (Å²) in [6, 6.07) is 12.5. The van der Waals surface area contributed by atoms with Crippen LogP contribution in [0, 0.1) is 19.7 Å². The maximum atomic E-state index is 13.8. The topological polar surface area (TPSA) is 33.2 Å². The molecule has 0 N–H and O–H groups in total. The molecule has 5 heteroatoms. The molecule has 0 aliphatic rings. The maximum absolute atomic E-state index is 13.8. The third-order valence-electron chi connectivity index (χ3n) is 4.04. The lowest BCUT2D eigenvalue weighted by atomic mass is 10.1. The molecule has 3 nitrogen and oxygen atoms in total. The molecule has 0 atom stereocenters. The Morgan fingerprint density at radius 2 is 2.00 bits per heavy atom. The number of carbonyl (C=O) groups is 1. The van der Waals surface area contributed by atoms with Gasteiger partial charge >= 0.3 is 0 Å². The van der Waals surface area contributed by atoms with Crippen molar-refractivity contribution in [2.24, 2.45) is 0 Å². The average Bonchev–Trinajstić information content (AvgIpc) is 3.10. The average molecular weight is 354 g/mol. The zero-order valence-electron chi connectivity index (χ0n) is 14.2. The van der Waals surface area contributed by atoms with E-state index in [-0.39, 0.29) is 18.1 Å². The second kappa shape index (κ2) is 7.57. The SMILES string of the molecule is Cc1ccc(C(=O)CN(Cc2cccs2)c2ncccc2C)cc1F. The number of thiophene rings is 1. The van der Waals surface area contributed by atoms with Crippen LogP contribution < -0.4 is 4.90 Å². The number of aromatic nitrogens is 1. The predicted octanol–water partition coefficient (Wildman–Crippen LogP) is 4.79. The Hall–Kier alpha value is -2.53. The number of benzene rings is 1. The fourth-order valence-electron chi connectivity index (χ4n) is 2.64. The number of anilines is 1. The van der Waals surface area contributed by atoms with E-state index in [0.717, 1.165) is 16.3 Å². The molecule has 0 bridgehead atoms. The van der Waals surface area contributed by atoms with Gasteiger partial charge < -0.3 is 4.90 Å². The van der Waals surface area contributed by atoms with Gasteiger partial charge in [0.25, 0.3) is 0 Å². The lowest BCUT2D eigenvalue weighted by Gasteiger charge is -2.24. The largest absolute Gasteiger partial charge is 0.344 e. The smallest absolute Gasteiger partial charge is 0.182 e. The monoisotopic (exact) mass is 354 g/mol. The van der Waals surface area contributed by atoms with Crippen molar-refractivity contribution in [3.8, 4) is 0 Å². The fraction of sp³-hybridized carbons (Fsp3) is 0.200. The third kappa shape index (κ3) is 4.12. The molecule has 0 saturated heterocycles. The van der Waals surface area contributed by atoms with E-state index in [0.29, 0.717) is 17.7 Å². The normalized spacial score (nSPS) is 10.7. The minimum atomic E-state index is -0.357. The highest BCUT2D eigenvalue weighted by Gasteiger charge is 2.17. The van der Waals surface area contributed by atoms with E-state index in [2.05, 4.69) is 4.98 Å². The summed E-state index contributed by atoms with van der Waals surface area (Å²) in [6.45, 7) is 4.40. The van der Waals surface area contributed by atoms with E-state index in [9.17, 15) is 9.18 Å². The first-order chi connectivity index (χ1) is 12.0. The molecule has 3 aromatic rings. The van der Waals surface area contributed by atoms with Crippen LogP contribution in [0.1, 0.15) is 26.4 Å². The molecule has 0 radical (unpaired) electrons. The van der Waals surface area contributed by atoms with Gasteiger partial charge in [-0.25, -0.2) is 9.37 Å². The lowest BCUT2D eigenvalue weighted by Crippen LogP contribution is -2.30. The Kier molecular flexibility index (Phi) is 5.24. The first-order valence-corrected chi connectivity index (χ1v) is 8.91. The van der Waals surface area contributed by atoms with Gasteiger partial charge in [0.2, 0.25) is 0 Å². The number of nitrogens with zero attached hydrogens (tertiary/aromatic N) is 2. The molecule has 1 aromatic carbocycles. The van der Waals surface area contributed by atoms with Crippen LogP contribution >= 0.6 is 11.3 Å². The van der Waals surface area contributed by atoms with E-state index in [1.165, 1.54) is 6.07 Å². The van der Waals surface area contributed by atoms with Crippen LogP contribution in [0.15, 0.2) is 54.0 Å². The number of pyridine rings is 1. The minimum absolute atomic E-state index is 0.125. The number of hydrogen-bond acceptors (Lipinski definition) is 4. The van der Waals surface area contributed by atoms with E-state index in [1.807, 2.05) is 41.5 Å². The van der Waals surface area contributed by atoms with Crippen LogP contribution in [0.4, 0.5) is 10.2 Å². The predicted molar refractivity (Wildman–Crippen MR) is 99.8 cm³/mol. The van der Waals surface area contributed by atoms with Gasteiger partial charge in [-0.2, -0.15) is 0 Å². The molecule has 0 unspecified atom stereocenters. The van der Waals surface area contributed by atoms with Gasteiger partial charge in [-0.3, -0.25) is 4.79 Å². The molecule has 0 aliphatic carbocycles. The summed E-state index contributed by atoms with van der Waals surface area (Å²) >= 11 is 1.64. The molecule has 2 heterocycles. The molecular weight excluding hydrogens is 335 g/mol. The van der Waals surface area contributed by atoms with Gasteiger partial charge in [0, 0.05) is 16.6 Å². The first kappa shape index (κ1) is 17.3. The fourth-order valence-corrected chi connectivity index (χ4v) is 3.36. The number of carbonyl (C=O) groups excluding carboxylic acids is 1. The van der Waals surface area contributed by atoms with E-state index < -0.39 is 0 Å². The molecule has 0 amide bonds. The Balaban J connectivity index is 1.87. The Morgan fingerprint density at radius 3 is 2.68 bits per heavy atom. The van der Waals surface area contributed by atoms with Gasteiger partial charge in [-0.1, -0.05) is 24.3 Å². The summed E-state index contributed by atoms with van der Waals surface area (Å²) in [5.74, 6) is 0.294. The second-order valence-electron chi connectivity index (χ2n) is 5.97. The van der Waals surface area contributed by atoms with Gasteiger partial charge in [-0.15, -0.1) is 11.3 Å². The number of ketones is 1. The van der Waals surface area contributed by atoms with E-state index in [1.54, 1.807) is 36.6 Å². The van der Waals surface area contributed by atoms with E-state index >= 15 is 0 Å². The number of hydrogen-bond donors (Lipinski definition) is 0. The molecular formula is C20H19FN2OS. The highest BCUT2D eigenvalue weighted by atomic mass is 32.1. The number of Topliss-reactive ketones (excluding diaryl/α,β-unsaturated/α-hetero) is 1. The quantitative estimate of drug-likeness (QED) is 0.597. The molecule has 2 aromatic heterocycles. The summed E-state index contributed by atoms with van der Waals surface area (Å²) in [6.07, 6.45) is 1.72. The van der Waals surface area contributed by atoms with Gasteiger partial charge in [-0.05, 0) is 48.6 Å². The molecule has 0 aliphatic heterocycles. The molecule has 128 valence electrons. The number of halogens is 1. The van der Waals surface area contributed by atoms with Crippen LogP contribution in [0.25, 0.3) is 0 Å². The maximum Gasteiger partial charge on any atom is 0.182 e. The van der Waals surface area contributed by atoms with Crippen molar-refractivity contribution < 1.29 is 9.18 Å². The van der Waals surface area contributed by atoms with Crippen molar-refractivity contribution >= 4 is 22.9 Å². The molecule has 0 saturated carbocycles. The molecule has 0 fully saturated rings. The number of aryl methyl sites for hydroxylation is 2. The number of rotatable bonds is 6. The van der Waals surface area contributed by atoms with Crippen molar-refractivity contribution in [3.63, 3.8) is 0 Å². The molecule has 0 spiro atoms. The van der Waals surface area contributed by atoms with Crippen LogP contribution in [0.2, 0.25) is 0 Å². The van der Waals surface area contributed by atoms with Gasteiger partial charge in [0.15, 0.2) is 5.78 Å². The van der Waals surface area contributed by atoms with Crippen LogP contribution in [-0.4, -0.2) is 17.3 Å². The minimum Gasteiger partial charge on any atom is -0.344 e. The van der Waals surface area contributed by atoms with E-state index in [4.69, 9.17) is 0 Å². The molecule has 3 rings (SSSR count). The Labute approximate surface area is 150 Å². The first-order valence-electron chi connectivity index (χ1n) is 8.03. The highest BCUT2D eigenvalue weighted by molar-refractivity contribution is 7.09. The second-order valence-corrected chi connectivity index (χ2v) is 7.00. The summed E-state index contributed by atoms with van der Waals surface area (Å²) in [5, 5.41) is 2.01. The van der Waals surface area contributed by atoms with Crippen molar-refractivity contribution in [3.05, 3.63) is 81.4 Å². The summed E-state index contributed by atoms with van der Waals surface area (Å²) in [5.41, 5.74) is 1.92. The highest BCUT2D eigenvalue weighted by Crippen LogP contribution is 2.21. The summed E-state index contributed by atoms with van der Waals surface area (Å²) in [4.78, 5) is 20.2. The van der Waals surface area contributed by atoms with Crippen molar-refractivity contribution in [2.75, 3.05) is 11.4 Å². The van der Waals surface area contributed by atoms with Gasteiger partial charge in [0.1, 0.15) is 11.6 Å². The Bertz CT molecular complexity index is 877. The zero-order chi connectivity index (χ0) is 17.8. The van der Waals surface area contributed by atoms with Crippen LogP contribution in [-0.2, 0) is 6.54 Å². The van der Waals surface area contributed by atoms with Crippen molar-refractivity contribution in [2.45, 2.75) is 20.4 Å². The van der Waals surface area contributed by atoms with Crippen LogP contribution in [0.3, 0.4) is 0 Å². The third-order valence-corrected chi connectivity index (χ3v) is 4.90. The van der Waals surface area contributed by atoms with Crippen molar-refractivity contribution in [1.82, 2.24) is 4.98 Å². The van der Waals surface area contributed by atoms with Crippen LogP contribution in [0.5, 0.6) is 0 Å². The zero-order valence-corrected chi connectivity index (χ0v) is 15.0.